The Labute approximate surface area is 98.3 Å². The maximum atomic E-state index is 13.2. The van der Waals surface area contributed by atoms with Crippen molar-refractivity contribution in [2.45, 2.75) is 23.4 Å². The van der Waals surface area contributed by atoms with Crippen molar-refractivity contribution in [3.63, 3.8) is 0 Å². The number of hydrogen-bond donors (Lipinski definition) is 0. The molecular formula is C12H13F2Hf. The molecule has 2 rings (SSSR count). The number of allylic oxidation sites excluding steroid dienone is 1. The van der Waals surface area contributed by atoms with Crippen LogP contribution in [-0.4, -0.2) is 0 Å². The molecule has 1 aliphatic rings. The molecule has 0 N–H and O–H groups in total. The molecule has 1 atom stereocenters. The Balaban J connectivity index is 2.38. The average molecular weight is 374 g/mol. The Morgan fingerprint density at radius 1 is 1.27 bits per heavy atom. The van der Waals surface area contributed by atoms with Gasteiger partial charge in [0.1, 0.15) is 0 Å². The van der Waals surface area contributed by atoms with Gasteiger partial charge in [-0.1, -0.05) is 0 Å². The zero-order valence-electron chi connectivity index (χ0n) is 8.63. The monoisotopic (exact) mass is 375 g/mol. The fraction of sp³-hybridized carbons (Fsp3) is 0.333. The zero-order chi connectivity index (χ0) is 10.8. The molecule has 1 aromatic carbocycles. The molecule has 0 spiro atoms. The Kier molecular flexibility index (Phi) is 3.49. The summed E-state index contributed by atoms with van der Waals surface area (Å²) in [6, 6.07) is 7.59. The van der Waals surface area contributed by atoms with Crippen molar-refractivity contribution in [3.05, 3.63) is 41.0 Å². The minimum absolute atomic E-state index is 0.453. The van der Waals surface area contributed by atoms with Crippen LogP contribution in [0.3, 0.4) is 0 Å². The predicted octanol–water partition coefficient (Wildman–Crippen LogP) is 4.31. The molecule has 0 bridgehead atoms. The van der Waals surface area contributed by atoms with Crippen LogP contribution in [0.25, 0.3) is 6.08 Å². The molecule has 0 saturated heterocycles. The quantitative estimate of drug-likeness (QED) is 0.693. The number of benzene rings is 1. The first-order valence-corrected chi connectivity index (χ1v) is 10.00. The van der Waals surface area contributed by atoms with Crippen LogP contribution in [0, 0.1) is 0 Å². The van der Waals surface area contributed by atoms with Crippen LogP contribution < -0.4 is 0 Å². The summed E-state index contributed by atoms with van der Waals surface area (Å²) in [4.78, 5) is 0. The Hall–Kier alpha value is -0.310. The van der Waals surface area contributed by atoms with Gasteiger partial charge < -0.3 is 0 Å². The van der Waals surface area contributed by atoms with E-state index in [1.54, 1.807) is 0 Å². The van der Waals surface area contributed by atoms with Crippen LogP contribution in [0.1, 0.15) is 34.6 Å². The Morgan fingerprint density at radius 3 is 2.67 bits per heavy atom. The normalized spacial score (nSPS) is 18.6. The zero-order valence-corrected chi connectivity index (χ0v) is 12.2. The molecular weight excluding hydrogens is 361 g/mol. The maximum absolute atomic E-state index is 13.2. The first-order chi connectivity index (χ1) is 7.24. The van der Waals surface area contributed by atoms with E-state index >= 15 is 0 Å². The third-order valence-corrected chi connectivity index (χ3v) is 6.79. The van der Waals surface area contributed by atoms with Gasteiger partial charge in [0.2, 0.25) is 0 Å². The Morgan fingerprint density at radius 2 is 2.00 bits per heavy atom. The van der Waals surface area contributed by atoms with E-state index < -0.39 is 26.3 Å². The number of fused-ring (bicyclic) bond motifs is 1. The van der Waals surface area contributed by atoms with Crippen molar-refractivity contribution in [1.29, 1.82) is 0 Å². The number of rotatable bonds is 3. The molecule has 3 heteroatoms. The molecule has 0 heterocycles. The molecule has 0 saturated carbocycles. The number of halogens is 2. The van der Waals surface area contributed by atoms with E-state index in [0.717, 1.165) is 29.5 Å². The van der Waals surface area contributed by atoms with E-state index in [4.69, 9.17) is 0 Å². The molecule has 1 unspecified atom stereocenters. The molecule has 1 aromatic rings. The van der Waals surface area contributed by atoms with Gasteiger partial charge in [0, 0.05) is 0 Å². The molecule has 0 nitrogen and oxygen atoms in total. The molecule has 79 valence electrons. The molecule has 0 aliphatic heterocycles. The molecule has 1 aliphatic carbocycles. The molecule has 0 fully saturated rings. The van der Waals surface area contributed by atoms with E-state index in [9.17, 15) is 5.33 Å². The van der Waals surface area contributed by atoms with Gasteiger partial charge in [0.25, 0.3) is 0 Å². The summed E-state index contributed by atoms with van der Waals surface area (Å²) in [6.45, 7) is 2.04. The van der Waals surface area contributed by atoms with Crippen LogP contribution in [0.4, 0.5) is 5.33 Å². The van der Waals surface area contributed by atoms with Crippen LogP contribution in [-0.2, 0) is 22.6 Å². The van der Waals surface area contributed by atoms with Crippen LogP contribution in [0.5, 0.6) is 0 Å². The van der Waals surface area contributed by atoms with Crippen molar-refractivity contribution in [2.24, 2.45) is 0 Å². The first kappa shape index (κ1) is 11.2. The number of hydrogen-bond acceptors (Lipinski definition) is 0. The summed E-state index contributed by atoms with van der Waals surface area (Å²) < 4.78 is 25.9. The van der Waals surface area contributed by atoms with Crippen LogP contribution >= 0.6 is 0 Å². The Bertz CT molecular complexity index is 385. The second-order valence-corrected chi connectivity index (χ2v) is 7.98. The summed E-state index contributed by atoms with van der Waals surface area (Å²) in [5, 5.41) is 0. The summed E-state index contributed by atoms with van der Waals surface area (Å²) in [5.41, 5.74) is 2.88. The first-order valence-electron chi connectivity index (χ1n) is 5.21. The van der Waals surface area contributed by atoms with Gasteiger partial charge in [0.15, 0.2) is 0 Å². The SMILES string of the molecule is CCCC1=Cc2ccccc2[CH]1[Hf]([F])[F]. The van der Waals surface area contributed by atoms with Gasteiger partial charge in [-0.3, -0.25) is 0 Å². The summed E-state index contributed by atoms with van der Waals surface area (Å²) in [5.74, 6) is 0. The minimum atomic E-state index is -4.33. The standard InChI is InChI=1S/C12H13.2FH.Hf/c1-2-5-10-8-11-6-3-4-7-12(11)9-10;;;/h3-4,6-9H,2,5H2,1H3;2*1H;/q;;;+2/p-2. The van der Waals surface area contributed by atoms with E-state index in [0.29, 0.717) is 0 Å². The fourth-order valence-electron chi connectivity index (χ4n) is 2.15. The molecule has 15 heavy (non-hydrogen) atoms. The molecule has 0 amide bonds. The topological polar surface area (TPSA) is 0 Å². The van der Waals surface area contributed by atoms with Crippen molar-refractivity contribution >= 4 is 6.08 Å². The van der Waals surface area contributed by atoms with Gasteiger partial charge in [-0.2, -0.15) is 0 Å². The van der Waals surface area contributed by atoms with Gasteiger partial charge >= 0.3 is 98.5 Å². The second-order valence-electron chi connectivity index (χ2n) is 3.82. The molecule has 0 aromatic heterocycles. The fourth-order valence-corrected chi connectivity index (χ4v) is 5.76. The van der Waals surface area contributed by atoms with Gasteiger partial charge in [-0.15, -0.1) is 0 Å². The van der Waals surface area contributed by atoms with Gasteiger partial charge in [0.05, 0.1) is 0 Å². The summed E-state index contributed by atoms with van der Waals surface area (Å²) >= 11 is -4.33. The van der Waals surface area contributed by atoms with Gasteiger partial charge in [-0.05, 0) is 0 Å². The summed E-state index contributed by atoms with van der Waals surface area (Å²) in [6.07, 6.45) is 3.75. The second kappa shape index (κ2) is 4.69. The third-order valence-electron chi connectivity index (χ3n) is 2.78. The van der Waals surface area contributed by atoms with E-state index in [-0.39, 0.29) is 0 Å². The van der Waals surface area contributed by atoms with Crippen LogP contribution in [0.2, 0.25) is 0 Å². The van der Waals surface area contributed by atoms with Crippen molar-refractivity contribution in [2.75, 3.05) is 0 Å². The third kappa shape index (κ3) is 2.12. The van der Waals surface area contributed by atoms with E-state index in [1.807, 2.05) is 37.3 Å². The van der Waals surface area contributed by atoms with Gasteiger partial charge in [-0.25, -0.2) is 0 Å². The van der Waals surface area contributed by atoms with E-state index in [2.05, 4.69) is 0 Å². The average Bonchev–Trinajstić information content (AvgIpc) is 2.56. The summed E-state index contributed by atoms with van der Waals surface area (Å²) in [7, 11) is 0. The van der Waals surface area contributed by atoms with E-state index in [1.165, 1.54) is 0 Å². The van der Waals surface area contributed by atoms with Crippen LogP contribution in [0.15, 0.2) is 29.8 Å². The predicted molar refractivity (Wildman–Crippen MR) is 54.3 cm³/mol. The van der Waals surface area contributed by atoms with Crippen molar-refractivity contribution in [3.8, 4) is 0 Å². The van der Waals surface area contributed by atoms with Crippen molar-refractivity contribution in [1.82, 2.24) is 0 Å². The molecule has 0 radical (unpaired) electrons. The van der Waals surface area contributed by atoms with Crippen molar-refractivity contribution < 1.29 is 28.0 Å².